The summed E-state index contributed by atoms with van der Waals surface area (Å²) in [5.74, 6) is 1.01. The number of rotatable bonds is 7. The van der Waals surface area contributed by atoms with Gasteiger partial charge < -0.3 is 24.3 Å². The molecular formula is C15H18N4O5. The third kappa shape index (κ3) is 4.00. The molecule has 0 saturated carbocycles. The number of methoxy groups -OCH3 is 4. The Labute approximate surface area is 139 Å². The van der Waals surface area contributed by atoms with E-state index in [0.29, 0.717) is 22.9 Å². The van der Waals surface area contributed by atoms with Gasteiger partial charge in [-0.05, 0) is 18.2 Å². The monoisotopic (exact) mass is 334 g/mol. The predicted molar refractivity (Wildman–Crippen MR) is 83.6 cm³/mol. The van der Waals surface area contributed by atoms with Gasteiger partial charge in [-0.25, -0.2) is 0 Å². The van der Waals surface area contributed by atoms with Gasteiger partial charge in [0.25, 0.3) is 5.91 Å². The second-order valence-electron chi connectivity index (χ2n) is 4.48. The zero-order valence-electron chi connectivity index (χ0n) is 13.8. The van der Waals surface area contributed by atoms with Gasteiger partial charge in [-0.1, -0.05) is 0 Å². The van der Waals surface area contributed by atoms with Crippen molar-refractivity contribution in [3.8, 4) is 23.5 Å². The number of benzene rings is 1. The van der Waals surface area contributed by atoms with Crippen LogP contribution in [0, 0.1) is 0 Å². The fourth-order valence-corrected chi connectivity index (χ4v) is 1.88. The maximum absolute atomic E-state index is 12.3. The molecule has 0 fully saturated rings. The minimum absolute atomic E-state index is 0.0857. The van der Waals surface area contributed by atoms with Crippen molar-refractivity contribution >= 4 is 5.91 Å². The average molecular weight is 334 g/mol. The second kappa shape index (κ2) is 7.95. The van der Waals surface area contributed by atoms with E-state index < -0.39 is 0 Å². The first-order valence-electron chi connectivity index (χ1n) is 6.94. The maximum Gasteiger partial charge on any atom is 0.322 e. The normalized spacial score (nSPS) is 10.0. The summed E-state index contributed by atoms with van der Waals surface area (Å²) in [7, 11) is 5.89. The van der Waals surface area contributed by atoms with Crippen LogP contribution in [0.2, 0.25) is 0 Å². The molecule has 0 aliphatic heterocycles. The highest BCUT2D eigenvalue weighted by atomic mass is 16.5. The molecule has 0 aliphatic carbocycles. The number of hydrogen-bond acceptors (Lipinski definition) is 8. The summed E-state index contributed by atoms with van der Waals surface area (Å²) in [6, 6.07) is 5.09. The molecule has 0 atom stereocenters. The number of hydrogen-bond donors (Lipinski definition) is 1. The highest BCUT2D eigenvalue weighted by molar-refractivity contribution is 5.94. The molecular weight excluding hydrogens is 316 g/mol. The Hall–Kier alpha value is -3.10. The van der Waals surface area contributed by atoms with E-state index in [1.165, 1.54) is 28.4 Å². The molecule has 24 heavy (non-hydrogen) atoms. The fourth-order valence-electron chi connectivity index (χ4n) is 1.88. The lowest BCUT2D eigenvalue weighted by Gasteiger charge is -2.10. The molecule has 0 spiro atoms. The summed E-state index contributed by atoms with van der Waals surface area (Å²) in [4.78, 5) is 24.2. The number of nitrogens with zero attached hydrogens (tertiary/aromatic N) is 3. The highest BCUT2D eigenvalue weighted by Gasteiger charge is 2.12. The summed E-state index contributed by atoms with van der Waals surface area (Å²) in [5, 5.41) is 2.71. The first-order valence-corrected chi connectivity index (χ1v) is 6.94. The average Bonchev–Trinajstić information content (AvgIpc) is 2.64. The van der Waals surface area contributed by atoms with Crippen LogP contribution in [0.15, 0.2) is 18.2 Å². The van der Waals surface area contributed by atoms with Crippen LogP contribution >= 0.6 is 0 Å². The van der Waals surface area contributed by atoms with Gasteiger partial charge in [0.05, 0.1) is 35.0 Å². The van der Waals surface area contributed by atoms with Crippen molar-refractivity contribution in [1.82, 2.24) is 20.3 Å². The summed E-state index contributed by atoms with van der Waals surface area (Å²) in [6.07, 6.45) is 0. The summed E-state index contributed by atoms with van der Waals surface area (Å²) in [5.41, 5.74) is 0.417. The van der Waals surface area contributed by atoms with Gasteiger partial charge in [-0.3, -0.25) is 4.79 Å². The Morgan fingerprint density at radius 1 is 0.917 bits per heavy atom. The van der Waals surface area contributed by atoms with E-state index in [9.17, 15) is 4.79 Å². The van der Waals surface area contributed by atoms with Crippen LogP contribution in [0.5, 0.6) is 23.5 Å². The van der Waals surface area contributed by atoms with Crippen molar-refractivity contribution in [2.24, 2.45) is 0 Å². The number of ether oxygens (including phenoxy) is 4. The summed E-state index contributed by atoms with van der Waals surface area (Å²) < 4.78 is 20.2. The summed E-state index contributed by atoms with van der Waals surface area (Å²) >= 11 is 0. The van der Waals surface area contributed by atoms with Gasteiger partial charge in [0.2, 0.25) is 0 Å². The first kappa shape index (κ1) is 17.3. The zero-order valence-corrected chi connectivity index (χ0v) is 13.8. The van der Waals surface area contributed by atoms with Crippen LogP contribution in [-0.4, -0.2) is 49.3 Å². The molecule has 1 amide bonds. The third-order valence-electron chi connectivity index (χ3n) is 3.06. The SMILES string of the molecule is COc1nc(CNC(=O)c2ccc(OC)c(OC)c2)nc(OC)n1. The van der Waals surface area contributed by atoms with Crippen LogP contribution in [-0.2, 0) is 6.54 Å². The van der Waals surface area contributed by atoms with Crippen LogP contribution in [0.25, 0.3) is 0 Å². The van der Waals surface area contributed by atoms with Gasteiger partial charge in [0.15, 0.2) is 17.3 Å². The topological polar surface area (TPSA) is 105 Å². The highest BCUT2D eigenvalue weighted by Crippen LogP contribution is 2.27. The molecule has 0 radical (unpaired) electrons. The molecule has 2 aromatic rings. The second-order valence-corrected chi connectivity index (χ2v) is 4.48. The molecule has 1 N–H and O–H groups in total. The van der Waals surface area contributed by atoms with Gasteiger partial charge in [-0.2, -0.15) is 9.97 Å². The van der Waals surface area contributed by atoms with E-state index in [1.807, 2.05) is 0 Å². The Morgan fingerprint density at radius 3 is 2.08 bits per heavy atom. The van der Waals surface area contributed by atoms with Crippen LogP contribution in [0.1, 0.15) is 16.2 Å². The van der Waals surface area contributed by atoms with Crippen molar-refractivity contribution in [2.45, 2.75) is 6.54 Å². The van der Waals surface area contributed by atoms with E-state index in [4.69, 9.17) is 18.9 Å². The van der Waals surface area contributed by atoms with E-state index in [0.717, 1.165) is 0 Å². The Kier molecular flexibility index (Phi) is 5.72. The molecule has 0 bridgehead atoms. The third-order valence-corrected chi connectivity index (χ3v) is 3.06. The predicted octanol–water partition coefficient (Wildman–Crippen LogP) is 0.836. The largest absolute Gasteiger partial charge is 0.493 e. The van der Waals surface area contributed by atoms with Crippen molar-refractivity contribution < 1.29 is 23.7 Å². The lowest BCUT2D eigenvalue weighted by Crippen LogP contribution is -2.24. The lowest BCUT2D eigenvalue weighted by molar-refractivity contribution is 0.0949. The number of carbonyl (C=O) groups excluding carboxylic acids is 1. The first-order chi connectivity index (χ1) is 11.6. The van der Waals surface area contributed by atoms with Crippen LogP contribution in [0.3, 0.4) is 0 Å². The number of amides is 1. The van der Waals surface area contributed by atoms with Crippen molar-refractivity contribution in [3.05, 3.63) is 29.6 Å². The fraction of sp³-hybridized carbons (Fsp3) is 0.333. The minimum Gasteiger partial charge on any atom is -0.493 e. The quantitative estimate of drug-likeness (QED) is 0.794. The number of carbonyl (C=O) groups is 1. The number of aromatic nitrogens is 3. The van der Waals surface area contributed by atoms with E-state index in [1.54, 1.807) is 18.2 Å². The van der Waals surface area contributed by atoms with Crippen LogP contribution in [0.4, 0.5) is 0 Å². The van der Waals surface area contributed by atoms with E-state index in [2.05, 4.69) is 20.3 Å². The van der Waals surface area contributed by atoms with E-state index >= 15 is 0 Å². The van der Waals surface area contributed by atoms with Crippen molar-refractivity contribution in [3.63, 3.8) is 0 Å². The van der Waals surface area contributed by atoms with Gasteiger partial charge in [0, 0.05) is 5.56 Å². The molecule has 1 heterocycles. The molecule has 128 valence electrons. The smallest absolute Gasteiger partial charge is 0.322 e. The van der Waals surface area contributed by atoms with Gasteiger partial charge >= 0.3 is 12.0 Å². The molecule has 2 rings (SSSR count). The number of nitrogens with one attached hydrogen (secondary N) is 1. The lowest BCUT2D eigenvalue weighted by atomic mass is 10.2. The standard InChI is InChI=1S/C15H18N4O5/c1-21-10-6-5-9(7-11(10)22-2)13(20)16-8-12-17-14(23-3)19-15(18-12)24-4/h5-7H,8H2,1-4H3,(H,16,20). The Morgan fingerprint density at radius 2 is 1.54 bits per heavy atom. The molecule has 0 unspecified atom stereocenters. The van der Waals surface area contributed by atoms with Crippen molar-refractivity contribution in [2.75, 3.05) is 28.4 Å². The van der Waals surface area contributed by atoms with Gasteiger partial charge in [-0.15, -0.1) is 4.98 Å². The molecule has 1 aromatic carbocycles. The molecule has 1 aromatic heterocycles. The molecule has 9 nitrogen and oxygen atoms in total. The molecule has 0 saturated heterocycles. The van der Waals surface area contributed by atoms with Crippen LogP contribution < -0.4 is 24.3 Å². The maximum atomic E-state index is 12.3. The summed E-state index contributed by atoms with van der Waals surface area (Å²) in [6.45, 7) is 0.0857. The zero-order chi connectivity index (χ0) is 17.5. The minimum atomic E-state index is -0.311. The Balaban J connectivity index is 2.10. The van der Waals surface area contributed by atoms with Gasteiger partial charge in [0.1, 0.15) is 0 Å². The molecule has 9 heteroatoms. The molecule has 0 aliphatic rings. The van der Waals surface area contributed by atoms with Crippen molar-refractivity contribution in [1.29, 1.82) is 0 Å². The Bertz CT molecular complexity index is 701. The van der Waals surface area contributed by atoms with E-state index in [-0.39, 0.29) is 24.5 Å².